The predicted molar refractivity (Wildman–Crippen MR) is 64.1 cm³/mol. The molecule has 0 aromatic heterocycles. The van der Waals surface area contributed by atoms with Crippen LogP contribution >= 0.6 is 0 Å². The second kappa shape index (κ2) is 4.60. The molecule has 2 fully saturated rings. The highest BCUT2D eigenvalue weighted by molar-refractivity contribution is 5.85. The van der Waals surface area contributed by atoms with E-state index in [4.69, 9.17) is 5.11 Å². The molecule has 0 saturated heterocycles. The van der Waals surface area contributed by atoms with Crippen LogP contribution in [0.2, 0.25) is 0 Å². The van der Waals surface area contributed by atoms with E-state index >= 15 is 0 Å². The first-order valence-electron chi connectivity index (χ1n) is 6.48. The Kier molecular flexibility index (Phi) is 3.36. The summed E-state index contributed by atoms with van der Waals surface area (Å²) in [6, 6.07) is 0. The zero-order valence-corrected chi connectivity index (χ0v) is 10.3. The van der Waals surface area contributed by atoms with Gasteiger partial charge in [0, 0.05) is 5.57 Å². The van der Waals surface area contributed by atoms with Gasteiger partial charge in [0.25, 0.3) is 0 Å². The van der Waals surface area contributed by atoms with Crippen molar-refractivity contribution in [2.24, 2.45) is 23.7 Å². The first-order chi connectivity index (χ1) is 7.58. The number of carbonyl (C=O) groups is 1. The van der Waals surface area contributed by atoms with Crippen LogP contribution in [-0.2, 0) is 4.79 Å². The Labute approximate surface area is 97.7 Å². The number of aliphatic carboxylic acids is 1. The summed E-state index contributed by atoms with van der Waals surface area (Å²) in [5.74, 6) is 2.67. The summed E-state index contributed by atoms with van der Waals surface area (Å²) in [4.78, 5) is 10.7. The highest BCUT2D eigenvalue weighted by atomic mass is 16.4. The number of fused-ring (bicyclic) bond motifs is 2. The Bertz CT molecular complexity index is 306. The minimum Gasteiger partial charge on any atom is -0.478 e. The third-order valence-corrected chi connectivity index (χ3v) is 4.66. The van der Waals surface area contributed by atoms with Crippen LogP contribution in [0.4, 0.5) is 0 Å². The number of carboxylic acids is 1. The van der Waals surface area contributed by atoms with Crippen molar-refractivity contribution in [3.05, 3.63) is 11.6 Å². The van der Waals surface area contributed by atoms with Crippen molar-refractivity contribution in [1.82, 2.24) is 0 Å². The van der Waals surface area contributed by atoms with E-state index in [0.29, 0.717) is 11.5 Å². The predicted octanol–water partition coefficient (Wildman–Crippen LogP) is 3.48. The standard InChI is InChI=1S/C14H22O2/c1-9(3-4-10(2)14(15)16)13-8-11-5-6-12(13)7-11/h4,9,11-13H,3,5-8H2,1-2H3,(H,15,16). The normalized spacial score (nSPS) is 35.4. The zero-order valence-electron chi connectivity index (χ0n) is 10.3. The third-order valence-electron chi connectivity index (χ3n) is 4.66. The average molecular weight is 222 g/mol. The molecule has 2 saturated carbocycles. The topological polar surface area (TPSA) is 37.3 Å². The van der Waals surface area contributed by atoms with Crippen molar-refractivity contribution in [2.75, 3.05) is 0 Å². The van der Waals surface area contributed by atoms with Gasteiger partial charge in [-0.3, -0.25) is 0 Å². The molecule has 2 bridgehead atoms. The molecule has 2 nitrogen and oxygen atoms in total. The van der Waals surface area contributed by atoms with E-state index in [0.717, 1.165) is 24.2 Å². The average Bonchev–Trinajstić information content (AvgIpc) is 2.86. The number of allylic oxidation sites excluding steroid dienone is 1. The molecule has 0 aromatic rings. The van der Waals surface area contributed by atoms with E-state index in [-0.39, 0.29) is 0 Å². The minimum atomic E-state index is -0.778. The Morgan fingerprint density at radius 1 is 1.44 bits per heavy atom. The van der Waals surface area contributed by atoms with Gasteiger partial charge in [0.15, 0.2) is 0 Å². The number of carboxylic acid groups (broad SMARTS) is 1. The second-order valence-electron chi connectivity index (χ2n) is 5.74. The summed E-state index contributed by atoms with van der Waals surface area (Å²) in [6.07, 6.45) is 8.53. The lowest BCUT2D eigenvalue weighted by atomic mass is 9.78. The lowest BCUT2D eigenvalue weighted by Crippen LogP contribution is -2.18. The Morgan fingerprint density at radius 2 is 2.19 bits per heavy atom. The number of hydrogen-bond acceptors (Lipinski definition) is 1. The molecular formula is C14H22O2. The maximum Gasteiger partial charge on any atom is 0.330 e. The largest absolute Gasteiger partial charge is 0.478 e. The van der Waals surface area contributed by atoms with Crippen molar-refractivity contribution in [3.8, 4) is 0 Å². The molecular weight excluding hydrogens is 200 g/mol. The fourth-order valence-corrected chi connectivity index (χ4v) is 3.62. The molecule has 0 radical (unpaired) electrons. The Hall–Kier alpha value is -0.790. The van der Waals surface area contributed by atoms with Gasteiger partial charge in [0.1, 0.15) is 0 Å². The second-order valence-corrected chi connectivity index (χ2v) is 5.74. The van der Waals surface area contributed by atoms with Crippen molar-refractivity contribution < 1.29 is 9.90 Å². The molecule has 16 heavy (non-hydrogen) atoms. The molecule has 90 valence electrons. The highest BCUT2D eigenvalue weighted by Crippen LogP contribution is 2.51. The Balaban J connectivity index is 1.87. The summed E-state index contributed by atoms with van der Waals surface area (Å²) in [6.45, 7) is 3.98. The van der Waals surface area contributed by atoms with Crippen molar-refractivity contribution in [2.45, 2.75) is 46.0 Å². The van der Waals surface area contributed by atoms with Gasteiger partial charge < -0.3 is 5.11 Å². The number of hydrogen-bond donors (Lipinski definition) is 1. The van der Waals surface area contributed by atoms with Crippen LogP contribution in [0.3, 0.4) is 0 Å². The van der Waals surface area contributed by atoms with Crippen LogP contribution in [0, 0.1) is 23.7 Å². The molecule has 2 heteroatoms. The van der Waals surface area contributed by atoms with Crippen molar-refractivity contribution >= 4 is 5.97 Å². The van der Waals surface area contributed by atoms with Gasteiger partial charge in [-0.05, 0) is 56.3 Å². The maximum absolute atomic E-state index is 10.7. The van der Waals surface area contributed by atoms with E-state index < -0.39 is 5.97 Å². The van der Waals surface area contributed by atoms with Gasteiger partial charge in [0.2, 0.25) is 0 Å². The van der Waals surface area contributed by atoms with Crippen molar-refractivity contribution in [1.29, 1.82) is 0 Å². The summed E-state index contributed by atoms with van der Waals surface area (Å²) in [5.41, 5.74) is 0.495. The molecule has 0 amide bonds. The lowest BCUT2D eigenvalue weighted by molar-refractivity contribution is -0.132. The van der Waals surface area contributed by atoms with Gasteiger partial charge in [0.05, 0.1) is 0 Å². The van der Waals surface area contributed by atoms with Crippen LogP contribution in [-0.4, -0.2) is 11.1 Å². The van der Waals surface area contributed by atoms with Crippen LogP contribution in [0.25, 0.3) is 0 Å². The first-order valence-corrected chi connectivity index (χ1v) is 6.48. The van der Waals surface area contributed by atoms with E-state index in [1.165, 1.54) is 25.7 Å². The maximum atomic E-state index is 10.7. The molecule has 1 N–H and O–H groups in total. The lowest BCUT2D eigenvalue weighted by Gasteiger charge is -2.27. The van der Waals surface area contributed by atoms with Gasteiger partial charge in [-0.2, -0.15) is 0 Å². The smallest absolute Gasteiger partial charge is 0.330 e. The molecule has 4 atom stereocenters. The SMILES string of the molecule is CC(=CCC(C)C1CC2CCC1C2)C(=O)O. The molecule has 0 aliphatic heterocycles. The van der Waals surface area contributed by atoms with E-state index in [9.17, 15) is 4.79 Å². The van der Waals surface area contributed by atoms with Crippen LogP contribution in [0.5, 0.6) is 0 Å². The summed E-state index contributed by atoms with van der Waals surface area (Å²) >= 11 is 0. The molecule has 2 aliphatic carbocycles. The Morgan fingerprint density at radius 3 is 2.69 bits per heavy atom. The molecule has 0 spiro atoms. The van der Waals surface area contributed by atoms with Gasteiger partial charge in [-0.25, -0.2) is 4.79 Å². The molecule has 0 heterocycles. The van der Waals surface area contributed by atoms with Gasteiger partial charge in [-0.15, -0.1) is 0 Å². The van der Waals surface area contributed by atoms with E-state index in [2.05, 4.69) is 6.92 Å². The molecule has 2 rings (SSSR count). The van der Waals surface area contributed by atoms with Gasteiger partial charge in [-0.1, -0.05) is 19.4 Å². The zero-order chi connectivity index (χ0) is 11.7. The fraction of sp³-hybridized carbons (Fsp3) is 0.786. The van der Waals surface area contributed by atoms with E-state index in [1.807, 2.05) is 6.08 Å². The molecule has 4 unspecified atom stereocenters. The monoisotopic (exact) mass is 222 g/mol. The van der Waals surface area contributed by atoms with Gasteiger partial charge >= 0.3 is 5.97 Å². The summed E-state index contributed by atoms with van der Waals surface area (Å²) < 4.78 is 0. The third kappa shape index (κ3) is 2.31. The van der Waals surface area contributed by atoms with Crippen LogP contribution in [0.15, 0.2) is 11.6 Å². The van der Waals surface area contributed by atoms with E-state index in [1.54, 1.807) is 6.92 Å². The minimum absolute atomic E-state index is 0.495. The first kappa shape index (κ1) is 11.7. The quantitative estimate of drug-likeness (QED) is 0.739. The van der Waals surface area contributed by atoms with Crippen LogP contribution < -0.4 is 0 Å². The fourth-order valence-electron chi connectivity index (χ4n) is 3.62. The van der Waals surface area contributed by atoms with Crippen molar-refractivity contribution in [3.63, 3.8) is 0 Å². The van der Waals surface area contributed by atoms with Crippen LogP contribution in [0.1, 0.15) is 46.0 Å². The summed E-state index contributed by atoms with van der Waals surface area (Å²) in [5, 5.41) is 8.80. The molecule has 2 aliphatic rings. The highest BCUT2D eigenvalue weighted by Gasteiger charge is 2.41. The molecule has 0 aromatic carbocycles. The summed E-state index contributed by atoms with van der Waals surface area (Å²) in [7, 11) is 0. The number of rotatable bonds is 4.